The van der Waals surface area contributed by atoms with Crippen molar-refractivity contribution in [3.8, 4) is 6.07 Å². The van der Waals surface area contributed by atoms with Crippen molar-refractivity contribution >= 4 is 5.91 Å². The number of nitrogens with zero attached hydrogens (tertiary/aromatic N) is 1. The highest BCUT2D eigenvalue weighted by Crippen LogP contribution is 2.01. The van der Waals surface area contributed by atoms with E-state index in [0.29, 0.717) is 13.2 Å². The van der Waals surface area contributed by atoms with E-state index >= 15 is 0 Å². The van der Waals surface area contributed by atoms with Crippen LogP contribution in [0.5, 0.6) is 0 Å². The van der Waals surface area contributed by atoms with Gasteiger partial charge < -0.3 is 15.4 Å². The molecule has 0 spiro atoms. The summed E-state index contributed by atoms with van der Waals surface area (Å²) in [6.07, 6.45) is 4.53. The van der Waals surface area contributed by atoms with Gasteiger partial charge in [0, 0.05) is 31.5 Å². The lowest BCUT2D eigenvalue weighted by molar-refractivity contribution is -0.118. The summed E-state index contributed by atoms with van der Waals surface area (Å²) >= 11 is 0. The number of carbonyl (C=O) groups is 1. The highest BCUT2D eigenvalue weighted by molar-refractivity contribution is 5.97. The predicted molar refractivity (Wildman–Crippen MR) is 79.9 cm³/mol. The fourth-order valence-corrected chi connectivity index (χ4v) is 1.36. The van der Waals surface area contributed by atoms with Crippen molar-refractivity contribution in [2.75, 3.05) is 19.8 Å². The lowest BCUT2D eigenvalue weighted by atomic mass is 10.1. The molecule has 0 unspecified atom stereocenters. The maximum atomic E-state index is 11.8. The maximum Gasteiger partial charge on any atom is 0.263 e. The van der Waals surface area contributed by atoms with E-state index in [-0.39, 0.29) is 17.0 Å². The standard InChI is InChI=1S/C15H27N3O2/c1-5-6-9-20-10-7-8-17-12-13(11-16)14(19)18-15(2,3)4/h12,17H,5-10H2,1-4H3,(H,18,19)/b13-12-. The lowest BCUT2D eigenvalue weighted by Gasteiger charge is -2.20. The van der Waals surface area contributed by atoms with Crippen LogP contribution in [-0.4, -0.2) is 31.2 Å². The van der Waals surface area contributed by atoms with Gasteiger partial charge in [-0.25, -0.2) is 0 Å². The Hall–Kier alpha value is -1.54. The first-order valence-electron chi connectivity index (χ1n) is 7.14. The number of hydrogen-bond acceptors (Lipinski definition) is 4. The van der Waals surface area contributed by atoms with Gasteiger partial charge in [0.2, 0.25) is 0 Å². The molecule has 1 amide bonds. The van der Waals surface area contributed by atoms with E-state index in [0.717, 1.165) is 25.9 Å². The summed E-state index contributed by atoms with van der Waals surface area (Å²) in [7, 11) is 0. The molecule has 0 saturated heterocycles. The van der Waals surface area contributed by atoms with Crippen LogP contribution >= 0.6 is 0 Å². The van der Waals surface area contributed by atoms with Crippen LogP contribution in [0.15, 0.2) is 11.8 Å². The van der Waals surface area contributed by atoms with E-state index in [2.05, 4.69) is 17.6 Å². The number of nitrogens with one attached hydrogen (secondary N) is 2. The van der Waals surface area contributed by atoms with Gasteiger partial charge in [0.05, 0.1) is 0 Å². The molecule has 2 N–H and O–H groups in total. The minimum atomic E-state index is -0.355. The minimum absolute atomic E-state index is 0.0897. The fraction of sp³-hybridized carbons (Fsp3) is 0.733. The molecule has 20 heavy (non-hydrogen) atoms. The molecule has 0 aromatic carbocycles. The first-order chi connectivity index (χ1) is 9.40. The molecular formula is C15H27N3O2. The van der Waals surface area contributed by atoms with E-state index in [4.69, 9.17) is 10.00 Å². The van der Waals surface area contributed by atoms with Gasteiger partial charge in [-0.05, 0) is 33.6 Å². The topological polar surface area (TPSA) is 74.1 Å². The van der Waals surface area contributed by atoms with Crippen LogP contribution in [0.2, 0.25) is 0 Å². The zero-order chi connectivity index (χ0) is 15.4. The third-order valence-corrected chi connectivity index (χ3v) is 2.35. The molecule has 0 bridgehead atoms. The third-order valence-electron chi connectivity index (χ3n) is 2.35. The summed E-state index contributed by atoms with van der Waals surface area (Å²) < 4.78 is 5.42. The molecule has 0 radical (unpaired) electrons. The van der Waals surface area contributed by atoms with Gasteiger partial charge in [0.1, 0.15) is 11.6 Å². The minimum Gasteiger partial charge on any atom is -0.390 e. The molecule has 0 saturated carbocycles. The second kappa shape index (κ2) is 10.3. The second-order valence-corrected chi connectivity index (χ2v) is 5.65. The Morgan fingerprint density at radius 3 is 2.50 bits per heavy atom. The average molecular weight is 281 g/mol. The number of amides is 1. The van der Waals surface area contributed by atoms with Crippen LogP contribution in [0.25, 0.3) is 0 Å². The highest BCUT2D eigenvalue weighted by atomic mass is 16.5. The van der Waals surface area contributed by atoms with Crippen molar-refractivity contribution in [3.05, 3.63) is 11.8 Å². The summed E-state index contributed by atoms with van der Waals surface area (Å²) in [6, 6.07) is 1.90. The Balaban J connectivity index is 3.91. The molecule has 0 aromatic rings. The van der Waals surface area contributed by atoms with E-state index in [1.54, 1.807) is 0 Å². The summed E-state index contributed by atoms with van der Waals surface area (Å²) in [6.45, 7) is 9.92. The Bertz CT molecular complexity index is 351. The van der Waals surface area contributed by atoms with Crippen molar-refractivity contribution in [1.29, 1.82) is 5.26 Å². The van der Waals surface area contributed by atoms with Gasteiger partial charge in [0.15, 0.2) is 0 Å². The fourth-order valence-electron chi connectivity index (χ4n) is 1.36. The van der Waals surface area contributed by atoms with Crippen LogP contribution < -0.4 is 10.6 Å². The molecular weight excluding hydrogens is 254 g/mol. The van der Waals surface area contributed by atoms with Crippen LogP contribution in [0.3, 0.4) is 0 Å². The maximum absolute atomic E-state index is 11.8. The molecule has 0 heterocycles. The first kappa shape index (κ1) is 18.5. The Morgan fingerprint density at radius 2 is 1.95 bits per heavy atom. The lowest BCUT2D eigenvalue weighted by Crippen LogP contribution is -2.41. The van der Waals surface area contributed by atoms with E-state index in [1.807, 2.05) is 26.8 Å². The monoisotopic (exact) mass is 281 g/mol. The summed E-state index contributed by atoms with van der Waals surface area (Å²) in [5.74, 6) is -0.355. The van der Waals surface area contributed by atoms with Crippen molar-refractivity contribution in [2.45, 2.75) is 52.5 Å². The number of ether oxygens (including phenoxy) is 1. The van der Waals surface area contributed by atoms with Crippen LogP contribution in [0.1, 0.15) is 47.0 Å². The van der Waals surface area contributed by atoms with Crippen molar-refractivity contribution < 1.29 is 9.53 Å². The van der Waals surface area contributed by atoms with Crippen LogP contribution in [-0.2, 0) is 9.53 Å². The third kappa shape index (κ3) is 10.4. The van der Waals surface area contributed by atoms with Crippen molar-refractivity contribution in [1.82, 2.24) is 10.6 Å². The molecule has 5 heteroatoms. The molecule has 0 aliphatic carbocycles. The summed E-state index contributed by atoms with van der Waals surface area (Å²) in [5, 5.41) is 14.7. The molecule has 0 aliphatic heterocycles. The summed E-state index contributed by atoms with van der Waals surface area (Å²) in [4.78, 5) is 11.8. The first-order valence-corrected chi connectivity index (χ1v) is 7.14. The Morgan fingerprint density at radius 1 is 1.30 bits per heavy atom. The number of rotatable bonds is 9. The Kier molecular flexibility index (Phi) is 9.48. The van der Waals surface area contributed by atoms with Gasteiger partial charge in [-0.15, -0.1) is 0 Å². The normalized spacial score (nSPS) is 11.8. The predicted octanol–water partition coefficient (Wildman–Crippen LogP) is 2.10. The molecule has 0 atom stereocenters. The molecule has 114 valence electrons. The van der Waals surface area contributed by atoms with Gasteiger partial charge in [-0.2, -0.15) is 5.26 Å². The molecule has 5 nitrogen and oxygen atoms in total. The number of carbonyl (C=O) groups excluding carboxylic acids is 1. The van der Waals surface area contributed by atoms with E-state index in [9.17, 15) is 4.79 Å². The van der Waals surface area contributed by atoms with E-state index < -0.39 is 0 Å². The quantitative estimate of drug-likeness (QED) is 0.385. The van der Waals surface area contributed by atoms with Gasteiger partial charge in [-0.1, -0.05) is 13.3 Å². The largest absolute Gasteiger partial charge is 0.390 e. The van der Waals surface area contributed by atoms with E-state index in [1.165, 1.54) is 6.20 Å². The van der Waals surface area contributed by atoms with Gasteiger partial charge in [0.25, 0.3) is 5.91 Å². The molecule has 0 rings (SSSR count). The number of unbranched alkanes of at least 4 members (excludes halogenated alkanes) is 1. The Labute approximate surface area is 122 Å². The van der Waals surface area contributed by atoms with Crippen LogP contribution in [0, 0.1) is 11.3 Å². The molecule has 0 aliphatic rings. The number of hydrogen-bond donors (Lipinski definition) is 2. The number of nitriles is 1. The van der Waals surface area contributed by atoms with Gasteiger partial charge >= 0.3 is 0 Å². The zero-order valence-electron chi connectivity index (χ0n) is 13.1. The summed E-state index contributed by atoms with van der Waals surface area (Å²) in [5.41, 5.74) is -0.257. The molecule has 0 fully saturated rings. The smallest absolute Gasteiger partial charge is 0.263 e. The zero-order valence-corrected chi connectivity index (χ0v) is 13.1. The van der Waals surface area contributed by atoms with Crippen LogP contribution in [0.4, 0.5) is 0 Å². The van der Waals surface area contributed by atoms with Crippen molar-refractivity contribution in [3.63, 3.8) is 0 Å². The van der Waals surface area contributed by atoms with Gasteiger partial charge in [-0.3, -0.25) is 4.79 Å². The molecule has 0 aromatic heterocycles. The highest BCUT2D eigenvalue weighted by Gasteiger charge is 2.16. The second-order valence-electron chi connectivity index (χ2n) is 5.65. The SMILES string of the molecule is CCCCOCCCN/C=C(/C#N)C(=O)NC(C)(C)C. The average Bonchev–Trinajstić information content (AvgIpc) is 2.35. The van der Waals surface area contributed by atoms with Crippen molar-refractivity contribution in [2.24, 2.45) is 0 Å².